The molecule has 2 aliphatic heterocycles. The second kappa shape index (κ2) is 2.30. The normalized spacial score (nSPS) is 33.8. The minimum absolute atomic E-state index is 0.413. The van der Waals surface area contributed by atoms with Crippen LogP contribution in [0.5, 0.6) is 0 Å². The van der Waals surface area contributed by atoms with Crippen molar-refractivity contribution < 1.29 is 9.16 Å². The van der Waals surface area contributed by atoms with Crippen LogP contribution in [0.4, 0.5) is 0 Å². The van der Waals surface area contributed by atoms with E-state index in [0.29, 0.717) is 6.61 Å². The van der Waals surface area contributed by atoms with Crippen molar-refractivity contribution in [1.29, 1.82) is 0 Å². The molecular formula is C11H9O2+. The molecule has 0 aromatic rings. The molecule has 0 bridgehead atoms. The largest absolute Gasteiger partial charge is 0.369 e. The minimum Gasteiger partial charge on any atom is -0.349 e. The van der Waals surface area contributed by atoms with Crippen molar-refractivity contribution in [1.82, 2.24) is 0 Å². The summed E-state index contributed by atoms with van der Waals surface area (Å²) in [6.45, 7) is 0.657. The molecule has 0 aromatic heterocycles. The van der Waals surface area contributed by atoms with Crippen LogP contribution in [-0.4, -0.2) is 18.0 Å². The zero-order valence-electron chi connectivity index (χ0n) is 7.07. The van der Waals surface area contributed by atoms with Crippen molar-refractivity contribution in [3.05, 3.63) is 48.3 Å². The third kappa shape index (κ3) is 0.783. The lowest BCUT2D eigenvalue weighted by Gasteiger charge is -2.23. The van der Waals surface area contributed by atoms with Crippen LogP contribution >= 0.6 is 0 Å². The average Bonchev–Trinajstić information content (AvgIpc) is 2.58. The van der Waals surface area contributed by atoms with Gasteiger partial charge in [0.25, 0.3) is 0 Å². The Morgan fingerprint density at radius 1 is 1.31 bits per heavy atom. The van der Waals surface area contributed by atoms with Crippen molar-refractivity contribution in [3.8, 4) is 0 Å². The number of hydrogen-bond acceptors (Lipinski definition) is 1. The fourth-order valence-electron chi connectivity index (χ4n) is 1.89. The van der Waals surface area contributed by atoms with Gasteiger partial charge in [-0.25, -0.2) is 4.42 Å². The van der Waals surface area contributed by atoms with E-state index in [-0.39, 0.29) is 0 Å². The summed E-state index contributed by atoms with van der Waals surface area (Å²) in [4.78, 5) is 0. The Kier molecular flexibility index (Phi) is 1.24. The summed E-state index contributed by atoms with van der Waals surface area (Å²) in [6.07, 6.45) is 13.7. The zero-order chi connectivity index (χ0) is 8.73. The van der Waals surface area contributed by atoms with E-state index >= 15 is 0 Å². The summed E-state index contributed by atoms with van der Waals surface area (Å²) in [5, 5.41) is 0. The number of carbonyl (C=O) groups excluding carboxylic acids is 1. The second-order valence-electron chi connectivity index (χ2n) is 3.21. The molecule has 2 nitrogen and oxygen atoms in total. The van der Waals surface area contributed by atoms with Crippen molar-refractivity contribution in [2.75, 3.05) is 6.61 Å². The van der Waals surface area contributed by atoms with Gasteiger partial charge in [0.2, 0.25) is 5.60 Å². The summed E-state index contributed by atoms with van der Waals surface area (Å²) in [5.41, 5.74) is 0.762. The van der Waals surface area contributed by atoms with E-state index in [4.69, 9.17) is 9.16 Å². The highest BCUT2D eigenvalue weighted by molar-refractivity contribution is 6.04. The van der Waals surface area contributed by atoms with Crippen molar-refractivity contribution in [2.45, 2.75) is 5.60 Å². The number of allylic oxidation sites excluding steroid dienone is 2. The topological polar surface area (TPSA) is 20.5 Å². The third-order valence-corrected chi connectivity index (χ3v) is 2.54. The van der Waals surface area contributed by atoms with E-state index in [9.17, 15) is 0 Å². The molecule has 0 saturated heterocycles. The summed E-state index contributed by atoms with van der Waals surface area (Å²) < 4.78 is 11.1. The predicted octanol–water partition coefficient (Wildman–Crippen LogP) is 1.44. The molecule has 0 radical (unpaired) electrons. The van der Waals surface area contributed by atoms with Gasteiger partial charge in [-0.2, -0.15) is 0 Å². The van der Waals surface area contributed by atoms with Gasteiger partial charge in [0, 0.05) is 17.7 Å². The first-order valence-electron chi connectivity index (χ1n) is 4.33. The average molecular weight is 173 g/mol. The second-order valence-corrected chi connectivity index (χ2v) is 3.21. The molecule has 3 rings (SSSR count). The van der Waals surface area contributed by atoms with Gasteiger partial charge in [0.05, 0.1) is 6.61 Å². The van der Waals surface area contributed by atoms with Gasteiger partial charge in [-0.3, -0.25) is 0 Å². The Bertz CT molecular complexity index is 396. The molecule has 2 heterocycles. The molecule has 1 atom stereocenters. The number of ether oxygens (including phenoxy) is 1. The number of ketones is 1. The summed E-state index contributed by atoms with van der Waals surface area (Å²) >= 11 is 0. The molecule has 1 spiro atoms. The highest BCUT2D eigenvalue weighted by Crippen LogP contribution is 2.35. The molecule has 3 aliphatic rings. The molecule has 0 fully saturated rings. The minimum atomic E-state index is -0.413. The van der Waals surface area contributed by atoms with Gasteiger partial charge in [-0.15, -0.1) is 0 Å². The van der Waals surface area contributed by atoms with E-state index in [1.807, 2.05) is 30.4 Å². The van der Waals surface area contributed by atoms with Crippen LogP contribution < -0.4 is 0 Å². The first kappa shape index (κ1) is 7.04. The van der Waals surface area contributed by atoms with Crippen molar-refractivity contribution >= 4 is 5.78 Å². The van der Waals surface area contributed by atoms with E-state index in [2.05, 4.69) is 6.08 Å². The summed E-state index contributed by atoms with van der Waals surface area (Å²) in [7, 11) is 0. The zero-order valence-corrected chi connectivity index (χ0v) is 7.07. The Morgan fingerprint density at radius 3 is 3.31 bits per heavy atom. The first-order valence-corrected chi connectivity index (χ1v) is 4.33. The van der Waals surface area contributed by atoms with Gasteiger partial charge < -0.3 is 4.74 Å². The third-order valence-electron chi connectivity index (χ3n) is 2.54. The Hall–Kier alpha value is -1.41. The van der Waals surface area contributed by atoms with Crippen LogP contribution in [0.15, 0.2) is 48.3 Å². The van der Waals surface area contributed by atoms with Crippen LogP contribution in [0.2, 0.25) is 0 Å². The van der Waals surface area contributed by atoms with Crippen LogP contribution in [0.1, 0.15) is 0 Å². The molecule has 13 heavy (non-hydrogen) atoms. The maximum Gasteiger partial charge on any atom is 0.369 e. The lowest BCUT2D eigenvalue weighted by Crippen LogP contribution is -2.40. The fraction of sp³-hybridized carbons (Fsp3) is 0.182. The quantitative estimate of drug-likeness (QED) is 0.508. The van der Waals surface area contributed by atoms with E-state index in [1.165, 1.54) is 5.57 Å². The summed E-state index contributed by atoms with van der Waals surface area (Å²) in [6, 6.07) is 0. The van der Waals surface area contributed by atoms with Gasteiger partial charge in [0.1, 0.15) is 0 Å². The smallest absolute Gasteiger partial charge is 0.349 e. The number of hydrogen-bond donors (Lipinski definition) is 0. The van der Waals surface area contributed by atoms with E-state index in [0.717, 1.165) is 5.78 Å². The van der Waals surface area contributed by atoms with Crippen LogP contribution in [0, 0.1) is 0 Å². The first-order chi connectivity index (χ1) is 6.42. The highest BCUT2D eigenvalue weighted by Gasteiger charge is 2.49. The Morgan fingerprint density at radius 2 is 2.31 bits per heavy atom. The fourth-order valence-corrected chi connectivity index (χ4v) is 1.89. The number of rotatable bonds is 0. The maximum absolute atomic E-state index is 5.70. The molecular weight excluding hydrogens is 164 g/mol. The molecule has 2 heteroatoms. The van der Waals surface area contributed by atoms with Gasteiger partial charge in [0.15, 0.2) is 0 Å². The Balaban J connectivity index is 2.22. The molecule has 0 N–H and O–H groups in total. The van der Waals surface area contributed by atoms with Gasteiger partial charge in [-0.05, 0) is 6.08 Å². The van der Waals surface area contributed by atoms with Crippen LogP contribution in [0.25, 0.3) is 0 Å². The molecule has 0 amide bonds. The molecule has 0 aromatic carbocycles. The van der Waals surface area contributed by atoms with Crippen LogP contribution in [0.3, 0.4) is 0 Å². The van der Waals surface area contributed by atoms with Gasteiger partial charge in [-0.1, -0.05) is 18.2 Å². The standard InChI is InChI=1S/C11H9O2/c1-2-6-11-9(5-8-13-11)4-7-12-10(11)3-1/h1-7H,8H2/q+1. The maximum atomic E-state index is 5.70. The highest BCUT2D eigenvalue weighted by atomic mass is 16.5. The predicted molar refractivity (Wildman–Crippen MR) is 49.2 cm³/mol. The monoisotopic (exact) mass is 173 g/mol. The van der Waals surface area contributed by atoms with Gasteiger partial charge >= 0.3 is 12.0 Å². The van der Waals surface area contributed by atoms with Crippen molar-refractivity contribution in [2.24, 2.45) is 0 Å². The molecule has 1 aliphatic carbocycles. The van der Waals surface area contributed by atoms with Crippen molar-refractivity contribution in [3.63, 3.8) is 0 Å². The van der Waals surface area contributed by atoms with E-state index in [1.54, 1.807) is 6.26 Å². The lowest BCUT2D eigenvalue weighted by molar-refractivity contribution is -0.379. The summed E-state index contributed by atoms with van der Waals surface area (Å²) in [5.74, 6) is 0.862. The van der Waals surface area contributed by atoms with Crippen LogP contribution in [-0.2, 0) is 9.16 Å². The molecule has 0 saturated carbocycles. The Labute approximate surface area is 76.2 Å². The lowest BCUT2D eigenvalue weighted by atomic mass is 9.86. The molecule has 64 valence electrons. The van der Waals surface area contributed by atoms with E-state index < -0.39 is 5.60 Å². The SMILES string of the molecule is C1=CC2=[O+]C=CC3=CCOC32C=C1. The molecule has 1 unspecified atom stereocenters.